The minimum atomic E-state index is -4.32. The summed E-state index contributed by atoms with van der Waals surface area (Å²) in [5.41, 5.74) is 8.28. The highest BCUT2D eigenvalue weighted by Crippen LogP contribution is 2.47. The molecule has 3 atom stereocenters. The molecule has 0 bridgehead atoms. The fourth-order valence-electron chi connectivity index (χ4n) is 5.73. The first kappa shape index (κ1) is 27.0. The molecule has 3 unspecified atom stereocenters. The van der Waals surface area contributed by atoms with E-state index in [9.17, 15) is 17.8 Å². The van der Waals surface area contributed by atoms with Crippen LogP contribution in [0.4, 0.5) is 5.69 Å². The van der Waals surface area contributed by atoms with E-state index in [-0.39, 0.29) is 24.5 Å². The van der Waals surface area contributed by atoms with Gasteiger partial charge in [0.1, 0.15) is 0 Å². The van der Waals surface area contributed by atoms with Gasteiger partial charge in [-0.3, -0.25) is 0 Å². The van der Waals surface area contributed by atoms with Crippen molar-refractivity contribution in [1.82, 2.24) is 0 Å². The van der Waals surface area contributed by atoms with Gasteiger partial charge in [0.25, 0.3) is 11.7 Å². The van der Waals surface area contributed by atoms with E-state index in [0.29, 0.717) is 52.1 Å². The lowest BCUT2D eigenvalue weighted by Gasteiger charge is -2.19. The number of allylic oxidation sites excluding steroid dienone is 2. The number of aromatic nitrogens is 1. The van der Waals surface area contributed by atoms with Crippen molar-refractivity contribution in [3.63, 3.8) is 0 Å². The molecule has 1 amide bonds. The second-order valence-corrected chi connectivity index (χ2v) is 12.8. The molecule has 3 aromatic rings. The zero-order valence-electron chi connectivity index (χ0n) is 22.3. The molecule has 3 aliphatic heterocycles. The lowest BCUT2D eigenvalue weighted by Crippen LogP contribution is -2.56. The van der Waals surface area contributed by atoms with Crippen molar-refractivity contribution in [3.05, 3.63) is 70.4 Å². The minimum Gasteiger partial charge on any atom is -0.748 e. The number of nitrogens with zero attached hydrogens (tertiary/aromatic N) is 3. The van der Waals surface area contributed by atoms with E-state index in [1.807, 2.05) is 65.8 Å². The molecule has 3 aliphatic rings. The van der Waals surface area contributed by atoms with Gasteiger partial charge in [-0.25, -0.2) is 13.2 Å². The lowest BCUT2D eigenvalue weighted by molar-refractivity contribution is -0.734. The van der Waals surface area contributed by atoms with E-state index < -0.39 is 15.9 Å². The van der Waals surface area contributed by atoms with E-state index in [1.165, 1.54) is 0 Å². The van der Waals surface area contributed by atoms with Crippen molar-refractivity contribution < 1.29 is 41.7 Å². The molecule has 10 nitrogen and oxygen atoms in total. The zero-order chi connectivity index (χ0) is 28.4. The first-order valence-electron chi connectivity index (χ1n) is 13.2. The summed E-state index contributed by atoms with van der Waals surface area (Å²) in [6.07, 6.45) is 4.79. The van der Waals surface area contributed by atoms with Crippen LogP contribution in [-0.4, -0.2) is 54.4 Å². The summed E-state index contributed by atoms with van der Waals surface area (Å²) in [7, 11) is -4.32. The number of anilines is 1. The van der Waals surface area contributed by atoms with Gasteiger partial charge in [-0.15, -0.1) is 0 Å². The number of carbonyl (C=O) groups is 1. The predicted molar refractivity (Wildman–Crippen MR) is 147 cm³/mol. The highest BCUT2D eigenvalue weighted by atomic mass is 35.5. The van der Waals surface area contributed by atoms with Crippen molar-refractivity contribution in [3.8, 4) is 5.75 Å². The van der Waals surface area contributed by atoms with Gasteiger partial charge < -0.3 is 24.3 Å². The summed E-state index contributed by atoms with van der Waals surface area (Å²) in [6.45, 7) is 5.61. The Morgan fingerprint density at radius 3 is 2.77 bits per heavy atom. The summed E-state index contributed by atoms with van der Waals surface area (Å²) < 4.78 is 48.5. The number of oxazole rings is 1. The Labute approximate surface area is 237 Å². The largest absolute Gasteiger partial charge is 0.748 e. The van der Waals surface area contributed by atoms with E-state index in [1.54, 1.807) is 6.07 Å². The number of quaternary nitrogens is 2. The Morgan fingerprint density at radius 2 is 2.08 bits per heavy atom. The Bertz CT molecular complexity index is 1710. The highest BCUT2D eigenvalue weighted by molar-refractivity contribution is 7.85. The van der Waals surface area contributed by atoms with Crippen LogP contribution in [0.5, 0.6) is 5.75 Å². The molecule has 0 aliphatic carbocycles. The molecule has 0 radical (unpaired) electrons. The molecule has 0 saturated carbocycles. The van der Waals surface area contributed by atoms with E-state index in [0.717, 1.165) is 28.9 Å². The Hall–Kier alpha value is -3.22. The van der Waals surface area contributed by atoms with Crippen molar-refractivity contribution in [2.24, 2.45) is 0 Å². The number of carbonyl (C=O) groups excluding carboxylic acids is 1. The van der Waals surface area contributed by atoms with Gasteiger partial charge in [-0.2, -0.15) is 9.05 Å². The average Bonchev–Trinajstić information content (AvgIpc) is 3.57. The van der Waals surface area contributed by atoms with Crippen LogP contribution in [-0.2, 0) is 21.5 Å². The number of benzene rings is 2. The lowest BCUT2D eigenvalue weighted by atomic mass is 10.2. The van der Waals surface area contributed by atoms with Crippen molar-refractivity contribution >= 4 is 50.5 Å². The maximum Gasteiger partial charge on any atom is 0.378 e. The third-order valence-electron chi connectivity index (χ3n) is 7.90. The fraction of sp³-hybridized carbons (Fsp3) is 0.357. The maximum absolute atomic E-state index is 12.4. The maximum atomic E-state index is 12.4. The molecule has 1 aromatic heterocycles. The molecule has 12 heteroatoms. The van der Waals surface area contributed by atoms with Crippen molar-refractivity contribution in [1.29, 1.82) is 0 Å². The van der Waals surface area contributed by atoms with E-state index in [4.69, 9.17) is 20.8 Å². The van der Waals surface area contributed by atoms with Gasteiger partial charge in [0.2, 0.25) is 17.5 Å². The average molecular weight is 587 g/mol. The monoisotopic (exact) mass is 586 g/mol. The number of amides is 1. The Kier molecular flexibility index (Phi) is 6.54. The van der Waals surface area contributed by atoms with Crippen LogP contribution in [0.1, 0.15) is 31.2 Å². The van der Waals surface area contributed by atoms with Crippen LogP contribution in [0.2, 0.25) is 5.02 Å². The molecular weight excluding hydrogens is 556 g/mol. The molecule has 6 rings (SSSR count). The van der Waals surface area contributed by atoms with Crippen LogP contribution in [0.3, 0.4) is 0 Å². The van der Waals surface area contributed by atoms with Gasteiger partial charge in [-0.1, -0.05) is 17.7 Å². The van der Waals surface area contributed by atoms with E-state index >= 15 is 0 Å². The smallest absolute Gasteiger partial charge is 0.378 e. The summed E-state index contributed by atoms with van der Waals surface area (Å²) in [5, 5.41) is 0.592. The van der Waals surface area contributed by atoms with Crippen LogP contribution in [0, 0.1) is 6.92 Å². The second-order valence-electron chi connectivity index (χ2n) is 10.8. The highest BCUT2D eigenvalue weighted by Gasteiger charge is 2.84. The van der Waals surface area contributed by atoms with Crippen molar-refractivity contribution in [2.45, 2.75) is 45.4 Å². The summed E-state index contributed by atoms with van der Waals surface area (Å²) >= 11 is 6.31. The molecule has 210 valence electrons. The molecule has 2 aromatic carbocycles. The number of aryl methyl sites for hydroxylation is 2. The number of hydrogen-bond acceptors (Lipinski definition) is 7. The minimum absolute atomic E-state index is 0.0143. The summed E-state index contributed by atoms with van der Waals surface area (Å²) in [6, 6.07) is 11.2. The molecule has 40 heavy (non-hydrogen) atoms. The number of fused-ring (bicyclic) bond motifs is 2. The molecular formula is C28H31ClN4O6S+2. The summed E-state index contributed by atoms with van der Waals surface area (Å²) in [4.78, 5) is 14.3. The first-order valence-corrected chi connectivity index (χ1v) is 15.2. The van der Waals surface area contributed by atoms with Crippen LogP contribution >= 0.6 is 11.6 Å². The van der Waals surface area contributed by atoms with Crippen molar-refractivity contribution in [2.75, 3.05) is 23.7 Å². The number of halogens is 1. The Morgan fingerprint density at radius 1 is 1.30 bits per heavy atom. The van der Waals surface area contributed by atoms with Gasteiger partial charge in [-0.05, 0) is 55.7 Å². The van der Waals surface area contributed by atoms with Crippen LogP contribution < -0.4 is 19.9 Å². The van der Waals surface area contributed by atoms with Gasteiger partial charge in [0.15, 0.2) is 18.8 Å². The third kappa shape index (κ3) is 4.92. The topological polar surface area (TPSA) is 131 Å². The van der Waals surface area contributed by atoms with Crippen LogP contribution in [0.25, 0.3) is 17.2 Å². The second kappa shape index (κ2) is 9.71. The summed E-state index contributed by atoms with van der Waals surface area (Å²) in [5.74, 6) is 1.61. The molecule has 2 fully saturated rings. The molecule has 3 N–H and O–H groups in total. The standard InChI is InChI=1S/C28H30ClN4O6S/c1-17-4-6-23-20(12-17)31(9-3-11-40(35,36)37)26(38-23)13-18(2)14-27-32(21-15-19(29)5-7-24(21)39-27)10-8-22-28(34)33(22)16-25(33)30/h4-7,12-15,22,25H,3,8-11,16,30H2,1-2H3/q+1/p+1. The zero-order valence-corrected chi connectivity index (χ0v) is 23.9. The normalized spacial score (nSPS) is 24.7. The fourth-order valence-corrected chi connectivity index (χ4v) is 6.37. The van der Waals surface area contributed by atoms with Gasteiger partial charge in [0, 0.05) is 29.5 Å². The van der Waals surface area contributed by atoms with Crippen LogP contribution in [0.15, 0.2) is 58.3 Å². The van der Waals surface area contributed by atoms with E-state index in [2.05, 4.69) is 5.73 Å². The quantitative estimate of drug-likeness (QED) is 0.176. The third-order valence-corrected chi connectivity index (χ3v) is 8.92. The molecule has 2 saturated heterocycles. The molecule has 1 spiro atoms. The number of ether oxygens (including phenoxy) is 1. The van der Waals surface area contributed by atoms with Gasteiger partial charge in [0.05, 0.1) is 28.3 Å². The molecule has 4 heterocycles. The SMILES string of the molecule is CC(=Cc1oc2ccc(Cl)cc2[n+]1CCC1C(=O)[N+]12CC2[NH3+])C=C1Oc2ccc(C)cc2N1CCCS(=O)(=O)[O-]. The number of rotatable bonds is 9. The predicted octanol–water partition coefficient (Wildman–Crippen LogP) is 2.46. The Balaban J connectivity index is 1.29. The van der Waals surface area contributed by atoms with Gasteiger partial charge >= 0.3 is 11.8 Å². The first-order chi connectivity index (χ1) is 19.0. The number of hydrogen-bond donors (Lipinski definition) is 1.